The minimum atomic E-state index is 1.13. The molecule has 0 aliphatic carbocycles. The van der Waals surface area contributed by atoms with Crippen molar-refractivity contribution < 1.29 is 0 Å². The number of benzene rings is 2. The van der Waals surface area contributed by atoms with Gasteiger partial charge in [-0.1, -0.05) is 56.3 Å². The molecule has 0 N–H and O–H groups in total. The third kappa shape index (κ3) is 1.73. The van der Waals surface area contributed by atoms with Crippen molar-refractivity contribution in [2.45, 2.75) is 13.8 Å². The van der Waals surface area contributed by atoms with Crippen LogP contribution in [0.2, 0.25) is 0 Å². The van der Waals surface area contributed by atoms with Crippen molar-refractivity contribution in [3.63, 3.8) is 0 Å². The van der Waals surface area contributed by atoms with Gasteiger partial charge in [-0.2, -0.15) is 0 Å². The van der Waals surface area contributed by atoms with Gasteiger partial charge in [-0.15, -0.1) is 0 Å². The molecule has 0 radical (unpaired) electrons. The summed E-state index contributed by atoms with van der Waals surface area (Å²) in [5, 5.41) is 4.95. The zero-order valence-electron chi connectivity index (χ0n) is 9.62. The number of rotatable bonds is 0. The molecule has 0 bridgehead atoms. The van der Waals surface area contributed by atoms with E-state index >= 15 is 0 Å². The lowest BCUT2D eigenvalue weighted by molar-refractivity contribution is 1.50. The molecule has 0 nitrogen and oxygen atoms in total. The minimum absolute atomic E-state index is 1.13. The highest BCUT2D eigenvalue weighted by Crippen LogP contribution is 2.23. The summed E-state index contributed by atoms with van der Waals surface area (Å²) >= 11 is 0. The van der Waals surface area contributed by atoms with Gasteiger partial charge in [0.05, 0.1) is 0 Å². The predicted octanol–water partition coefficient (Wildman–Crippen LogP) is 4.62. The van der Waals surface area contributed by atoms with E-state index in [4.69, 9.17) is 0 Å². The van der Waals surface area contributed by atoms with Crippen molar-refractivity contribution >= 4 is 21.5 Å². The molecule has 0 fully saturated rings. The summed E-state index contributed by atoms with van der Waals surface area (Å²) in [5.74, 6) is 0. The van der Waals surface area contributed by atoms with Crippen molar-refractivity contribution in [1.29, 1.82) is 0 Å². The van der Waals surface area contributed by atoms with E-state index in [1.165, 1.54) is 16.2 Å². The molecule has 78 valence electrons. The first-order chi connectivity index (χ1) is 7.95. The molecule has 0 aromatic heterocycles. The summed E-state index contributed by atoms with van der Waals surface area (Å²) in [6, 6.07) is 22.7. The Kier molecular flexibility index (Phi) is 3.08. The van der Waals surface area contributed by atoms with E-state index in [1.807, 2.05) is 19.9 Å². The Labute approximate surface area is 96.5 Å². The van der Waals surface area contributed by atoms with Crippen molar-refractivity contribution in [2.75, 3.05) is 0 Å². The van der Waals surface area contributed by atoms with Crippen molar-refractivity contribution in [3.8, 4) is 0 Å². The maximum atomic E-state index is 3.12. The molecule has 0 aliphatic rings. The lowest BCUT2D eigenvalue weighted by atomic mass is 10.0. The predicted molar refractivity (Wildman–Crippen MR) is 70.5 cm³/mol. The fourth-order valence-corrected chi connectivity index (χ4v) is 1.83. The fourth-order valence-electron chi connectivity index (χ4n) is 1.83. The first kappa shape index (κ1) is 10.5. The molecule has 3 aromatic carbocycles. The lowest BCUT2D eigenvalue weighted by Gasteiger charge is -2.00. The summed E-state index contributed by atoms with van der Waals surface area (Å²) in [5.41, 5.74) is 0. The van der Waals surface area contributed by atoms with E-state index < -0.39 is 0 Å². The molecule has 0 heterocycles. The van der Waals surface area contributed by atoms with Crippen LogP contribution in [0.4, 0.5) is 0 Å². The fraction of sp³-hybridized carbons (Fsp3) is 0.125. The highest BCUT2D eigenvalue weighted by molar-refractivity contribution is 6.06. The number of hydrogen-bond donors (Lipinski definition) is 0. The first-order valence-electron chi connectivity index (χ1n) is 5.65. The molecule has 0 amide bonds. The Morgan fingerprint density at radius 3 is 2.50 bits per heavy atom. The molecule has 16 heavy (non-hydrogen) atoms. The number of fused-ring (bicyclic) bond motifs is 3. The highest BCUT2D eigenvalue weighted by Gasteiger charge is 1.96. The van der Waals surface area contributed by atoms with Gasteiger partial charge in [-0.25, -0.2) is 0 Å². The van der Waals surface area contributed by atoms with Crippen LogP contribution in [-0.2, 0) is 0 Å². The zero-order chi connectivity index (χ0) is 11.4. The Bertz CT molecular complexity index is 539. The second-order valence-electron chi connectivity index (χ2n) is 3.35. The van der Waals surface area contributed by atoms with Crippen molar-refractivity contribution in [3.05, 3.63) is 60.7 Å². The van der Waals surface area contributed by atoms with Crippen LogP contribution in [0.1, 0.15) is 13.8 Å². The third-order valence-corrected chi connectivity index (χ3v) is 2.51. The van der Waals surface area contributed by atoms with Crippen LogP contribution in [0.25, 0.3) is 21.5 Å². The van der Waals surface area contributed by atoms with Crippen LogP contribution in [0, 0.1) is 12.1 Å². The van der Waals surface area contributed by atoms with E-state index in [1.54, 1.807) is 0 Å². The Morgan fingerprint density at radius 2 is 1.62 bits per heavy atom. The molecule has 0 aliphatic heterocycles. The molecular formula is C16H14. The average molecular weight is 206 g/mol. The van der Waals surface area contributed by atoms with Gasteiger partial charge < -0.3 is 0 Å². The molecule has 0 heteroatoms. The summed E-state index contributed by atoms with van der Waals surface area (Å²) in [4.78, 5) is 0. The van der Waals surface area contributed by atoms with Gasteiger partial charge in [0.2, 0.25) is 0 Å². The largest absolute Gasteiger partial charge is 0.0696 e. The molecule has 0 unspecified atom stereocenters. The van der Waals surface area contributed by atoms with E-state index in [2.05, 4.69) is 54.6 Å². The molecule has 3 rings (SSSR count). The second kappa shape index (κ2) is 4.68. The van der Waals surface area contributed by atoms with Gasteiger partial charge in [0.15, 0.2) is 0 Å². The van der Waals surface area contributed by atoms with E-state index in [9.17, 15) is 0 Å². The van der Waals surface area contributed by atoms with E-state index in [0.717, 1.165) is 5.39 Å². The van der Waals surface area contributed by atoms with E-state index in [0.29, 0.717) is 0 Å². The van der Waals surface area contributed by atoms with Crippen LogP contribution in [-0.4, -0.2) is 0 Å². The first-order valence-corrected chi connectivity index (χ1v) is 5.65. The van der Waals surface area contributed by atoms with Crippen molar-refractivity contribution in [2.24, 2.45) is 0 Å². The quantitative estimate of drug-likeness (QED) is 0.503. The molecule has 3 aromatic rings. The lowest BCUT2D eigenvalue weighted by Crippen LogP contribution is -1.74. The maximum absolute atomic E-state index is 3.12. The summed E-state index contributed by atoms with van der Waals surface area (Å²) < 4.78 is 0. The van der Waals surface area contributed by atoms with E-state index in [-0.39, 0.29) is 0 Å². The molecule has 0 spiro atoms. The molecule has 0 saturated carbocycles. The van der Waals surface area contributed by atoms with Crippen LogP contribution >= 0.6 is 0 Å². The van der Waals surface area contributed by atoms with Gasteiger partial charge in [0, 0.05) is 5.39 Å². The van der Waals surface area contributed by atoms with Gasteiger partial charge in [0.1, 0.15) is 0 Å². The summed E-state index contributed by atoms with van der Waals surface area (Å²) in [7, 11) is 0. The summed E-state index contributed by atoms with van der Waals surface area (Å²) in [6.45, 7) is 4.00. The third-order valence-electron chi connectivity index (χ3n) is 2.51. The Hall–Kier alpha value is -2.00. The summed E-state index contributed by atoms with van der Waals surface area (Å²) in [6.07, 6.45) is 0. The van der Waals surface area contributed by atoms with Crippen LogP contribution in [0.5, 0.6) is 0 Å². The zero-order valence-corrected chi connectivity index (χ0v) is 9.62. The number of hydrogen-bond acceptors (Lipinski definition) is 0. The molecular weight excluding hydrogens is 192 g/mol. The molecule has 0 saturated heterocycles. The topological polar surface area (TPSA) is 0 Å². The SMILES string of the molecule is CC.c1ccc2c(c#1)ccc1ccccc12. The average Bonchev–Trinajstić information content (AvgIpc) is 2.41. The van der Waals surface area contributed by atoms with Gasteiger partial charge in [-0.3, -0.25) is 0 Å². The second-order valence-corrected chi connectivity index (χ2v) is 3.35. The van der Waals surface area contributed by atoms with Gasteiger partial charge in [0.25, 0.3) is 0 Å². The van der Waals surface area contributed by atoms with Gasteiger partial charge in [-0.05, 0) is 34.4 Å². The van der Waals surface area contributed by atoms with Crippen LogP contribution in [0.3, 0.4) is 0 Å². The monoisotopic (exact) mass is 206 g/mol. The minimum Gasteiger partial charge on any atom is -0.0696 e. The maximum Gasteiger partial charge on any atom is 0.0327 e. The van der Waals surface area contributed by atoms with Crippen LogP contribution < -0.4 is 0 Å². The molecule has 0 atom stereocenters. The Morgan fingerprint density at radius 1 is 0.812 bits per heavy atom. The standard InChI is InChI=1S/C14H8.C2H6/c1-3-7-13-11(5-1)9-10-12-6-2-4-8-14(12)13;1-2/h1,3-5,7-10H;1-2H3. The van der Waals surface area contributed by atoms with Gasteiger partial charge >= 0.3 is 0 Å². The normalized spacial score (nSPS) is 9.38. The Balaban J connectivity index is 0.000000457. The van der Waals surface area contributed by atoms with Crippen molar-refractivity contribution in [1.82, 2.24) is 0 Å². The smallest absolute Gasteiger partial charge is 0.0327 e. The van der Waals surface area contributed by atoms with Crippen LogP contribution in [0.15, 0.2) is 48.5 Å². The highest BCUT2D eigenvalue weighted by atomic mass is 14.0.